The van der Waals surface area contributed by atoms with Crippen molar-refractivity contribution in [2.24, 2.45) is 5.41 Å². The average Bonchev–Trinajstić information content (AvgIpc) is 2.89. The molecule has 2 aliphatic heterocycles. The number of benzene rings is 1. The first-order valence-corrected chi connectivity index (χ1v) is 9.03. The van der Waals surface area contributed by atoms with Crippen LogP contribution < -0.4 is 19.7 Å². The highest BCUT2D eigenvalue weighted by molar-refractivity contribution is 5.55. The summed E-state index contributed by atoms with van der Waals surface area (Å²) in [7, 11) is 3.41. The minimum Gasteiger partial charge on any atom is -0.497 e. The molecule has 1 aromatic rings. The summed E-state index contributed by atoms with van der Waals surface area (Å²) in [5, 5.41) is 3.51. The minimum absolute atomic E-state index is 0.439. The molecule has 0 aliphatic carbocycles. The summed E-state index contributed by atoms with van der Waals surface area (Å²) in [6, 6.07) is 6.16. The maximum atomic E-state index is 5.42. The molecule has 5 nitrogen and oxygen atoms in total. The van der Waals surface area contributed by atoms with Crippen LogP contribution in [0.3, 0.4) is 0 Å². The highest BCUT2D eigenvalue weighted by atomic mass is 16.5. The lowest BCUT2D eigenvalue weighted by molar-refractivity contribution is 0.187. The summed E-state index contributed by atoms with van der Waals surface area (Å²) in [5.74, 6) is 1.71. The van der Waals surface area contributed by atoms with E-state index in [1.807, 2.05) is 6.07 Å². The molecule has 1 atom stereocenters. The first-order valence-electron chi connectivity index (χ1n) is 9.03. The standard InChI is InChI=1S/C19H31N3O2/c1-19(5-6-20-14-19)15-21-7-4-8-22(10-9-21)16-11-17(23-2)13-18(12-16)24-3/h11-13,20H,4-10,14-15H2,1-3H3. The van der Waals surface area contributed by atoms with Crippen molar-refractivity contribution in [3.63, 3.8) is 0 Å². The molecule has 5 heteroatoms. The van der Waals surface area contributed by atoms with E-state index in [2.05, 4.69) is 34.2 Å². The van der Waals surface area contributed by atoms with Gasteiger partial charge >= 0.3 is 0 Å². The molecule has 2 fully saturated rings. The minimum atomic E-state index is 0.439. The normalized spacial score (nSPS) is 25.5. The third-order valence-electron chi connectivity index (χ3n) is 5.35. The van der Waals surface area contributed by atoms with Gasteiger partial charge in [0.25, 0.3) is 0 Å². The molecular weight excluding hydrogens is 302 g/mol. The zero-order valence-corrected chi connectivity index (χ0v) is 15.3. The Morgan fingerprint density at radius 2 is 1.79 bits per heavy atom. The quantitative estimate of drug-likeness (QED) is 0.894. The van der Waals surface area contributed by atoms with E-state index < -0.39 is 0 Å². The summed E-state index contributed by atoms with van der Waals surface area (Å²) in [5.41, 5.74) is 1.63. The van der Waals surface area contributed by atoms with Crippen LogP contribution in [0.4, 0.5) is 5.69 Å². The summed E-state index contributed by atoms with van der Waals surface area (Å²) in [4.78, 5) is 5.10. The Morgan fingerprint density at radius 3 is 2.42 bits per heavy atom. The predicted octanol–water partition coefficient (Wildman–Crippen LogP) is 2.22. The molecule has 3 rings (SSSR count). The summed E-state index contributed by atoms with van der Waals surface area (Å²) in [6.45, 7) is 10.4. The van der Waals surface area contributed by atoms with Crippen LogP contribution in [0.1, 0.15) is 19.8 Å². The highest BCUT2D eigenvalue weighted by Crippen LogP contribution is 2.30. The molecule has 1 N–H and O–H groups in total. The van der Waals surface area contributed by atoms with Crippen LogP contribution in [0.5, 0.6) is 11.5 Å². The monoisotopic (exact) mass is 333 g/mol. The average molecular weight is 333 g/mol. The molecule has 0 saturated carbocycles. The fourth-order valence-electron chi connectivity index (χ4n) is 3.91. The second-order valence-corrected chi connectivity index (χ2v) is 7.43. The largest absolute Gasteiger partial charge is 0.497 e. The third kappa shape index (κ3) is 4.14. The van der Waals surface area contributed by atoms with Gasteiger partial charge in [-0.05, 0) is 31.3 Å². The lowest BCUT2D eigenvalue weighted by atomic mass is 9.89. The second-order valence-electron chi connectivity index (χ2n) is 7.43. The van der Waals surface area contributed by atoms with Crippen molar-refractivity contribution >= 4 is 5.69 Å². The topological polar surface area (TPSA) is 37.0 Å². The van der Waals surface area contributed by atoms with Crippen molar-refractivity contribution in [3.05, 3.63) is 18.2 Å². The van der Waals surface area contributed by atoms with E-state index in [0.717, 1.165) is 37.7 Å². The maximum absolute atomic E-state index is 5.42. The Labute approximate surface area is 145 Å². The molecule has 0 radical (unpaired) electrons. The smallest absolute Gasteiger partial charge is 0.124 e. The van der Waals surface area contributed by atoms with Crippen LogP contribution in [-0.2, 0) is 0 Å². The molecule has 24 heavy (non-hydrogen) atoms. The first kappa shape index (κ1) is 17.4. The van der Waals surface area contributed by atoms with E-state index in [-0.39, 0.29) is 0 Å². The van der Waals surface area contributed by atoms with E-state index in [0.29, 0.717) is 5.41 Å². The number of hydrogen-bond donors (Lipinski definition) is 1. The van der Waals surface area contributed by atoms with Crippen LogP contribution in [0, 0.1) is 5.41 Å². The third-order valence-corrected chi connectivity index (χ3v) is 5.35. The Morgan fingerprint density at radius 1 is 1.04 bits per heavy atom. The van der Waals surface area contributed by atoms with E-state index in [4.69, 9.17) is 9.47 Å². The zero-order chi connectivity index (χ0) is 17.0. The van der Waals surface area contributed by atoms with Crippen LogP contribution in [0.2, 0.25) is 0 Å². The molecule has 0 amide bonds. The van der Waals surface area contributed by atoms with Crippen molar-refractivity contribution in [2.75, 3.05) is 64.9 Å². The van der Waals surface area contributed by atoms with Crippen LogP contribution in [-0.4, -0.2) is 64.9 Å². The van der Waals surface area contributed by atoms with Crippen LogP contribution in [0.25, 0.3) is 0 Å². The molecule has 0 bridgehead atoms. The van der Waals surface area contributed by atoms with Gasteiger partial charge in [-0.25, -0.2) is 0 Å². The van der Waals surface area contributed by atoms with E-state index in [1.54, 1.807) is 14.2 Å². The molecule has 2 heterocycles. The maximum Gasteiger partial charge on any atom is 0.124 e. The zero-order valence-electron chi connectivity index (χ0n) is 15.3. The Kier molecular flexibility index (Phi) is 5.51. The number of nitrogens with one attached hydrogen (secondary N) is 1. The fraction of sp³-hybridized carbons (Fsp3) is 0.684. The van der Waals surface area contributed by atoms with Crippen molar-refractivity contribution in [1.29, 1.82) is 0 Å². The first-order chi connectivity index (χ1) is 11.6. The Balaban J connectivity index is 1.65. The lowest BCUT2D eigenvalue weighted by Gasteiger charge is -2.31. The van der Waals surface area contributed by atoms with Gasteiger partial charge in [0.15, 0.2) is 0 Å². The fourth-order valence-corrected chi connectivity index (χ4v) is 3.91. The van der Waals surface area contributed by atoms with Gasteiger partial charge in [0.1, 0.15) is 11.5 Å². The van der Waals surface area contributed by atoms with Gasteiger partial charge in [-0.1, -0.05) is 6.92 Å². The highest BCUT2D eigenvalue weighted by Gasteiger charge is 2.31. The van der Waals surface area contributed by atoms with Gasteiger partial charge in [0, 0.05) is 56.6 Å². The van der Waals surface area contributed by atoms with Gasteiger partial charge < -0.3 is 24.6 Å². The Bertz CT molecular complexity index is 521. The molecule has 0 spiro atoms. The number of rotatable bonds is 5. The number of hydrogen-bond acceptors (Lipinski definition) is 5. The summed E-state index contributed by atoms with van der Waals surface area (Å²) >= 11 is 0. The number of methoxy groups -OCH3 is 2. The summed E-state index contributed by atoms with van der Waals surface area (Å²) in [6.07, 6.45) is 2.49. The van der Waals surface area contributed by atoms with Gasteiger partial charge in [0.2, 0.25) is 0 Å². The molecular formula is C19H31N3O2. The van der Waals surface area contributed by atoms with E-state index >= 15 is 0 Å². The van der Waals surface area contributed by atoms with Crippen LogP contribution in [0.15, 0.2) is 18.2 Å². The molecule has 1 aromatic carbocycles. The van der Waals surface area contributed by atoms with Crippen molar-refractivity contribution in [1.82, 2.24) is 10.2 Å². The van der Waals surface area contributed by atoms with E-state index in [9.17, 15) is 0 Å². The molecule has 0 aromatic heterocycles. The molecule has 2 aliphatic rings. The number of anilines is 1. The molecule has 2 saturated heterocycles. The van der Waals surface area contributed by atoms with Crippen LogP contribution >= 0.6 is 0 Å². The molecule has 1 unspecified atom stereocenters. The van der Waals surface area contributed by atoms with Crippen molar-refractivity contribution in [2.45, 2.75) is 19.8 Å². The predicted molar refractivity (Wildman–Crippen MR) is 98.4 cm³/mol. The lowest BCUT2D eigenvalue weighted by Crippen LogP contribution is -2.39. The summed E-state index contributed by atoms with van der Waals surface area (Å²) < 4.78 is 10.8. The number of nitrogens with zero attached hydrogens (tertiary/aromatic N) is 2. The molecule has 134 valence electrons. The van der Waals surface area contributed by atoms with Gasteiger partial charge in [-0.2, -0.15) is 0 Å². The second kappa shape index (κ2) is 7.62. The Hall–Kier alpha value is -1.46. The van der Waals surface area contributed by atoms with Gasteiger partial charge in [-0.15, -0.1) is 0 Å². The van der Waals surface area contributed by atoms with Crippen molar-refractivity contribution < 1.29 is 9.47 Å². The van der Waals surface area contributed by atoms with Gasteiger partial charge in [0.05, 0.1) is 14.2 Å². The van der Waals surface area contributed by atoms with Gasteiger partial charge in [-0.3, -0.25) is 0 Å². The van der Waals surface area contributed by atoms with Crippen molar-refractivity contribution in [3.8, 4) is 11.5 Å². The number of ether oxygens (including phenoxy) is 2. The van der Waals surface area contributed by atoms with E-state index in [1.165, 1.54) is 38.2 Å². The SMILES string of the molecule is COc1cc(OC)cc(N2CCCN(CC3(C)CCNC3)CC2)c1.